The number of para-hydroxylation sites is 1. The Morgan fingerprint density at radius 1 is 0.781 bits per heavy atom. The van der Waals surface area contributed by atoms with Gasteiger partial charge < -0.3 is 5.32 Å². The van der Waals surface area contributed by atoms with Crippen LogP contribution in [0.25, 0.3) is 16.7 Å². The van der Waals surface area contributed by atoms with Crippen molar-refractivity contribution < 1.29 is 8.42 Å². The minimum atomic E-state index is -3.80. The second-order valence-electron chi connectivity index (χ2n) is 6.87. The lowest BCUT2D eigenvalue weighted by molar-refractivity contribution is 0.602. The zero-order valence-electron chi connectivity index (χ0n) is 16.6. The quantitative estimate of drug-likeness (QED) is 0.411. The van der Waals surface area contributed by atoms with Crippen LogP contribution in [0.15, 0.2) is 96.3 Å². The fourth-order valence-corrected chi connectivity index (χ4v) is 4.43. The highest BCUT2D eigenvalue weighted by molar-refractivity contribution is 7.93. The van der Waals surface area contributed by atoms with Gasteiger partial charge in [-0.15, -0.1) is 10.2 Å². The molecule has 0 fully saturated rings. The van der Waals surface area contributed by atoms with E-state index in [1.54, 1.807) is 83.9 Å². The molecule has 10 heteroatoms. The van der Waals surface area contributed by atoms with Gasteiger partial charge in [0.25, 0.3) is 10.0 Å². The van der Waals surface area contributed by atoms with Crippen LogP contribution in [-0.4, -0.2) is 33.4 Å². The Morgan fingerprint density at radius 2 is 1.59 bits per heavy atom. The van der Waals surface area contributed by atoms with Crippen molar-refractivity contribution in [3.63, 3.8) is 0 Å². The van der Waals surface area contributed by atoms with Gasteiger partial charge in [-0.3, -0.25) is 9.71 Å². The summed E-state index contributed by atoms with van der Waals surface area (Å²) in [6.07, 6.45) is 5.03. The molecular weight excluding hydrogens is 426 g/mol. The SMILES string of the molecule is O=S(=O)(Nc1ccc(Nc2ccc(-n3cccn3)nn2)cc1)c1cccc2cccnc12. The van der Waals surface area contributed by atoms with Crippen molar-refractivity contribution in [2.75, 3.05) is 10.0 Å². The molecule has 0 aliphatic heterocycles. The third-order valence-corrected chi connectivity index (χ3v) is 6.10. The van der Waals surface area contributed by atoms with Gasteiger partial charge in [0.2, 0.25) is 0 Å². The lowest BCUT2D eigenvalue weighted by Crippen LogP contribution is -2.13. The first-order chi connectivity index (χ1) is 15.6. The Kier molecular flexibility index (Phi) is 4.96. The van der Waals surface area contributed by atoms with Crippen molar-refractivity contribution in [3.8, 4) is 5.82 Å². The Morgan fingerprint density at radius 3 is 2.34 bits per heavy atom. The minimum Gasteiger partial charge on any atom is -0.339 e. The van der Waals surface area contributed by atoms with Gasteiger partial charge in [0.1, 0.15) is 4.90 Å². The highest BCUT2D eigenvalue weighted by Gasteiger charge is 2.18. The fraction of sp³-hybridized carbons (Fsp3) is 0. The molecule has 32 heavy (non-hydrogen) atoms. The molecule has 3 heterocycles. The van der Waals surface area contributed by atoms with Crippen LogP contribution < -0.4 is 10.0 Å². The van der Waals surface area contributed by atoms with Crippen molar-refractivity contribution in [1.29, 1.82) is 0 Å². The first kappa shape index (κ1) is 19.6. The van der Waals surface area contributed by atoms with Crippen LogP contribution in [-0.2, 0) is 10.0 Å². The van der Waals surface area contributed by atoms with Crippen molar-refractivity contribution in [3.05, 3.63) is 91.4 Å². The van der Waals surface area contributed by atoms with Crippen LogP contribution >= 0.6 is 0 Å². The number of nitrogens with one attached hydrogen (secondary N) is 2. The summed E-state index contributed by atoms with van der Waals surface area (Å²) in [7, 11) is -3.80. The molecule has 0 amide bonds. The van der Waals surface area contributed by atoms with E-state index in [1.165, 1.54) is 0 Å². The van der Waals surface area contributed by atoms with Gasteiger partial charge >= 0.3 is 0 Å². The normalized spacial score (nSPS) is 11.4. The monoisotopic (exact) mass is 443 g/mol. The van der Waals surface area contributed by atoms with E-state index >= 15 is 0 Å². The molecule has 0 aliphatic rings. The molecule has 0 radical (unpaired) electrons. The maximum atomic E-state index is 12.9. The molecule has 0 saturated heterocycles. The molecule has 158 valence electrons. The molecule has 2 N–H and O–H groups in total. The van der Waals surface area contributed by atoms with Crippen LogP contribution in [0.4, 0.5) is 17.2 Å². The molecule has 0 unspecified atom stereocenters. The molecule has 0 spiro atoms. The fourth-order valence-electron chi connectivity index (χ4n) is 3.19. The number of nitrogens with zero attached hydrogens (tertiary/aromatic N) is 5. The lowest BCUT2D eigenvalue weighted by Gasteiger charge is -2.11. The third-order valence-electron chi connectivity index (χ3n) is 4.68. The highest BCUT2D eigenvalue weighted by Crippen LogP contribution is 2.24. The molecule has 3 aromatic heterocycles. The Balaban J connectivity index is 1.31. The smallest absolute Gasteiger partial charge is 0.264 e. The summed E-state index contributed by atoms with van der Waals surface area (Å²) in [4.78, 5) is 4.35. The topological polar surface area (TPSA) is 115 Å². The van der Waals surface area contributed by atoms with Gasteiger partial charge in [-0.2, -0.15) is 5.10 Å². The van der Waals surface area contributed by atoms with Crippen molar-refractivity contribution in [2.24, 2.45) is 0 Å². The summed E-state index contributed by atoms with van der Waals surface area (Å²) in [6, 6.07) is 20.9. The first-order valence-corrected chi connectivity index (χ1v) is 11.1. The Hall–Kier alpha value is -4.31. The molecule has 2 aromatic carbocycles. The number of sulfonamides is 1. The van der Waals surface area contributed by atoms with E-state index in [0.717, 1.165) is 11.1 Å². The van der Waals surface area contributed by atoms with Crippen LogP contribution in [0.5, 0.6) is 0 Å². The van der Waals surface area contributed by atoms with Crippen molar-refractivity contribution in [2.45, 2.75) is 4.90 Å². The molecule has 5 aromatic rings. The predicted molar refractivity (Wildman–Crippen MR) is 121 cm³/mol. The number of pyridine rings is 1. The van der Waals surface area contributed by atoms with Crippen molar-refractivity contribution >= 4 is 38.1 Å². The molecule has 0 bridgehead atoms. The highest BCUT2D eigenvalue weighted by atomic mass is 32.2. The van der Waals surface area contributed by atoms with Gasteiger partial charge in [-0.05, 0) is 54.6 Å². The second kappa shape index (κ2) is 8.08. The average Bonchev–Trinajstić information content (AvgIpc) is 3.35. The largest absolute Gasteiger partial charge is 0.339 e. The minimum absolute atomic E-state index is 0.130. The number of aromatic nitrogens is 5. The van der Waals surface area contributed by atoms with E-state index in [9.17, 15) is 8.42 Å². The summed E-state index contributed by atoms with van der Waals surface area (Å²) >= 11 is 0. The van der Waals surface area contributed by atoms with E-state index in [2.05, 4.69) is 30.3 Å². The maximum Gasteiger partial charge on any atom is 0.264 e. The number of anilines is 3. The number of rotatable bonds is 6. The van der Waals surface area contributed by atoms with E-state index in [0.29, 0.717) is 22.8 Å². The first-order valence-electron chi connectivity index (χ1n) is 9.66. The lowest BCUT2D eigenvalue weighted by atomic mass is 10.2. The van der Waals surface area contributed by atoms with Gasteiger partial charge in [0.05, 0.1) is 5.52 Å². The maximum absolute atomic E-state index is 12.9. The number of hydrogen-bond acceptors (Lipinski definition) is 7. The Labute approximate surface area is 183 Å². The second-order valence-corrected chi connectivity index (χ2v) is 8.52. The van der Waals surface area contributed by atoms with E-state index < -0.39 is 10.0 Å². The van der Waals surface area contributed by atoms with Crippen LogP contribution in [0.1, 0.15) is 0 Å². The molecule has 5 rings (SSSR count). The summed E-state index contributed by atoms with van der Waals surface area (Å²) in [5, 5.41) is 16.3. The number of benzene rings is 2. The average molecular weight is 443 g/mol. The number of hydrogen-bond donors (Lipinski definition) is 2. The summed E-state index contributed by atoms with van der Waals surface area (Å²) in [5.41, 5.74) is 1.60. The van der Waals surface area contributed by atoms with Gasteiger partial charge in [0, 0.05) is 35.4 Å². The van der Waals surface area contributed by atoms with Gasteiger partial charge in [0.15, 0.2) is 11.6 Å². The van der Waals surface area contributed by atoms with Crippen LogP contribution in [0, 0.1) is 0 Å². The molecule has 0 aliphatic carbocycles. The number of fused-ring (bicyclic) bond motifs is 1. The Bertz CT molecular complexity index is 1460. The summed E-state index contributed by atoms with van der Waals surface area (Å²) < 4.78 is 30.1. The third kappa shape index (κ3) is 3.98. The van der Waals surface area contributed by atoms with E-state index in [1.807, 2.05) is 12.1 Å². The van der Waals surface area contributed by atoms with E-state index in [-0.39, 0.29) is 4.90 Å². The van der Waals surface area contributed by atoms with Gasteiger partial charge in [-0.25, -0.2) is 13.1 Å². The van der Waals surface area contributed by atoms with Crippen molar-refractivity contribution in [1.82, 2.24) is 25.0 Å². The standard InChI is InChI=1S/C22H17N7O2S/c30-32(31,19-6-1-4-16-5-2-13-23-22(16)19)28-18-9-7-17(8-10-18)25-20-11-12-21(27-26-20)29-15-3-14-24-29/h1-15,28H,(H,25,26). The zero-order valence-corrected chi connectivity index (χ0v) is 17.4. The molecule has 0 saturated carbocycles. The van der Waals surface area contributed by atoms with Crippen LogP contribution in [0.3, 0.4) is 0 Å². The summed E-state index contributed by atoms with van der Waals surface area (Å²) in [5.74, 6) is 1.16. The molecule has 9 nitrogen and oxygen atoms in total. The van der Waals surface area contributed by atoms with Gasteiger partial charge in [-0.1, -0.05) is 18.2 Å². The van der Waals surface area contributed by atoms with E-state index in [4.69, 9.17) is 0 Å². The zero-order chi connectivity index (χ0) is 22.0. The van der Waals surface area contributed by atoms with Crippen LogP contribution in [0.2, 0.25) is 0 Å². The molecule has 0 atom stereocenters. The predicted octanol–water partition coefficient (Wildman–Crippen LogP) is 3.75. The summed E-state index contributed by atoms with van der Waals surface area (Å²) in [6.45, 7) is 0. The molecular formula is C22H17N7O2S.